The minimum atomic E-state index is -0.288. The van der Waals surface area contributed by atoms with Crippen LogP contribution < -0.4 is 10.2 Å². The van der Waals surface area contributed by atoms with Gasteiger partial charge in [0.15, 0.2) is 5.78 Å². The fourth-order valence-electron chi connectivity index (χ4n) is 4.40. The van der Waals surface area contributed by atoms with Gasteiger partial charge < -0.3 is 10.2 Å². The van der Waals surface area contributed by atoms with Gasteiger partial charge in [0.2, 0.25) is 5.91 Å². The number of rotatable bonds is 5. The van der Waals surface area contributed by atoms with Crippen LogP contribution in [0.1, 0.15) is 42.5 Å². The van der Waals surface area contributed by atoms with Crippen molar-refractivity contribution >= 4 is 17.4 Å². The van der Waals surface area contributed by atoms with E-state index in [0.717, 1.165) is 24.1 Å². The zero-order valence-electron chi connectivity index (χ0n) is 15.5. The van der Waals surface area contributed by atoms with Crippen LogP contribution >= 0.6 is 0 Å². The number of hydrogen-bond acceptors (Lipinski definition) is 3. The van der Waals surface area contributed by atoms with Crippen LogP contribution in [0, 0.1) is 5.92 Å². The molecule has 2 atom stereocenters. The first-order chi connectivity index (χ1) is 13.2. The first-order valence-electron chi connectivity index (χ1n) is 9.95. The Balaban J connectivity index is 1.50. The highest BCUT2D eigenvalue weighted by Gasteiger charge is 2.38. The van der Waals surface area contributed by atoms with Gasteiger partial charge >= 0.3 is 0 Å². The minimum absolute atomic E-state index is 0.108. The van der Waals surface area contributed by atoms with E-state index in [1.165, 1.54) is 12.8 Å². The predicted molar refractivity (Wildman–Crippen MR) is 107 cm³/mol. The van der Waals surface area contributed by atoms with Crippen molar-refractivity contribution in [2.45, 2.75) is 44.2 Å². The molecule has 1 saturated heterocycles. The van der Waals surface area contributed by atoms with Crippen molar-refractivity contribution < 1.29 is 9.59 Å². The molecule has 27 heavy (non-hydrogen) atoms. The van der Waals surface area contributed by atoms with Gasteiger partial charge in [-0.1, -0.05) is 61.4 Å². The molecule has 2 aromatic rings. The third kappa shape index (κ3) is 3.81. The zero-order chi connectivity index (χ0) is 18.6. The SMILES string of the molecule is O=C(c1ccccc1)C1CNC(C(=O)N(c2ccccc2)C2CCCC2)C1. The summed E-state index contributed by atoms with van der Waals surface area (Å²) in [6, 6.07) is 19.3. The number of hydrogen-bond donors (Lipinski definition) is 1. The summed E-state index contributed by atoms with van der Waals surface area (Å²) >= 11 is 0. The molecule has 2 aliphatic rings. The Morgan fingerprint density at radius 1 is 0.889 bits per heavy atom. The van der Waals surface area contributed by atoms with E-state index < -0.39 is 0 Å². The highest BCUT2D eigenvalue weighted by atomic mass is 16.2. The molecule has 4 nitrogen and oxygen atoms in total. The molecular formula is C23H26N2O2. The van der Waals surface area contributed by atoms with Crippen LogP contribution in [0.15, 0.2) is 60.7 Å². The third-order valence-electron chi connectivity index (χ3n) is 5.82. The summed E-state index contributed by atoms with van der Waals surface area (Å²) in [7, 11) is 0. The maximum absolute atomic E-state index is 13.4. The minimum Gasteiger partial charge on any atom is -0.308 e. The van der Waals surface area contributed by atoms with Crippen molar-refractivity contribution in [2.75, 3.05) is 11.4 Å². The molecule has 140 valence electrons. The number of anilines is 1. The number of carbonyl (C=O) groups excluding carboxylic acids is 2. The van der Waals surface area contributed by atoms with Crippen LogP contribution in [0.5, 0.6) is 0 Å². The summed E-state index contributed by atoms with van der Waals surface area (Å²) in [6.07, 6.45) is 5.03. The summed E-state index contributed by atoms with van der Waals surface area (Å²) in [4.78, 5) is 28.1. The largest absolute Gasteiger partial charge is 0.308 e. The first-order valence-corrected chi connectivity index (χ1v) is 9.95. The van der Waals surface area contributed by atoms with E-state index in [4.69, 9.17) is 0 Å². The molecule has 0 spiro atoms. The Morgan fingerprint density at radius 3 is 2.19 bits per heavy atom. The molecule has 2 aromatic carbocycles. The highest BCUT2D eigenvalue weighted by molar-refractivity contribution is 6.01. The maximum atomic E-state index is 13.4. The van der Waals surface area contributed by atoms with Crippen LogP contribution in [0.2, 0.25) is 0 Å². The van der Waals surface area contributed by atoms with Crippen LogP contribution in [0.25, 0.3) is 0 Å². The number of nitrogens with zero attached hydrogens (tertiary/aromatic N) is 1. The second-order valence-corrected chi connectivity index (χ2v) is 7.61. The zero-order valence-corrected chi connectivity index (χ0v) is 15.5. The number of Topliss-reactive ketones (excluding diaryl/α,β-unsaturated/α-hetero) is 1. The van der Waals surface area contributed by atoms with Gasteiger partial charge in [-0.15, -0.1) is 0 Å². The highest BCUT2D eigenvalue weighted by Crippen LogP contribution is 2.30. The second-order valence-electron chi connectivity index (χ2n) is 7.61. The van der Waals surface area contributed by atoms with Gasteiger partial charge in [-0.05, 0) is 31.4 Å². The fraction of sp³-hybridized carbons (Fsp3) is 0.391. The predicted octanol–water partition coefficient (Wildman–Crippen LogP) is 3.82. The van der Waals surface area contributed by atoms with E-state index in [9.17, 15) is 9.59 Å². The van der Waals surface area contributed by atoms with Gasteiger partial charge in [-0.3, -0.25) is 9.59 Å². The molecule has 4 rings (SSSR count). The fourth-order valence-corrected chi connectivity index (χ4v) is 4.40. The summed E-state index contributed by atoms with van der Waals surface area (Å²) in [5.74, 6) is 0.101. The molecule has 2 unspecified atom stereocenters. The van der Waals surface area contributed by atoms with E-state index in [0.29, 0.717) is 13.0 Å². The number of ketones is 1. The van der Waals surface area contributed by atoms with Gasteiger partial charge in [0.1, 0.15) is 0 Å². The molecule has 1 heterocycles. The van der Waals surface area contributed by atoms with Crippen molar-refractivity contribution in [1.29, 1.82) is 0 Å². The van der Waals surface area contributed by atoms with Gasteiger partial charge in [0.05, 0.1) is 6.04 Å². The van der Waals surface area contributed by atoms with Crippen molar-refractivity contribution in [3.05, 3.63) is 66.2 Å². The normalized spacial score (nSPS) is 22.7. The lowest BCUT2D eigenvalue weighted by atomic mass is 9.94. The van der Waals surface area contributed by atoms with E-state index >= 15 is 0 Å². The Kier molecular flexibility index (Phi) is 5.35. The second kappa shape index (κ2) is 8.05. The molecule has 0 radical (unpaired) electrons. The molecular weight excluding hydrogens is 336 g/mol. The first kappa shape index (κ1) is 17.9. The van der Waals surface area contributed by atoms with Crippen LogP contribution in [0.3, 0.4) is 0 Å². The summed E-state index contributed by atoms with van der Waals surface area (Å²) in [5, 5.41) is 3.32. The monoisotopic (exact) mass is 362 g/mol. The molecule has 1 aliphatic carbocycles. The Bertz CT molecular complexity index is 785. The van der Waals surface area contributed by atoms with Crippen molar-refractivity contribution in [3.8, 4) is 0 Å². The Hall–Kier alpha value is -2.46. The number of amides is 1. The molecule has 0 bridgehead atoms. The summed E-state index contributed by atoms with van der Waals surface area (Å²) in [5.41, 5.74) is 1.70. The third-order valence-corrected chi connectivity index (χ3v) is 5.82. The average molecular weight is 362 g/mol. The van der Waals surface area contributed by atoms with E-state index in [-0.39, 0.29) is 29.7 Å². The van der Waals surface area contributed by atoms with E-state index in [2.05, 4.69) is 5.32 Å². The lowest BCUT2D eigenvalue weighted by Gasteiger charge is -2.31. The molecule has 4 heteroatoms. The number of carbonyl (C=O) groups is 2. The Labute approximate surface area is 160 Å². The molecule has 1 aliphatic heterocycles. The summed E-state index contributed by atoms with van der Waals surface area (Å²) < 4.78 is 0. The van der Waals surface area contributed by atoms with Gasteiger partial charge in [0.25, 0.3) is 0 Å². The standard InChI is InChI=1S/C23H26N2O2/c26-22(17-9-3-1-4-10-17)18-15-21(24-16-18)23(27)25(20-13-7-8-14-20)19-11-5-2-6-12-19/h1-6,9-12,18,20-21,24H,7-8,13-16H2. The van der Waals surface area contributed by atoms with Gasteiger partial charge in [-0.25, -0.2) is 0 Å². The smallest absolute Gasteiger partial charge is 0.244 e. The Morgan fingerprint density at radius 2 is 1.52 bits per heavy atom. The molecule has 1 saturated carbocycles. The lowest BCUT2D eigenvalue weighted by molar-refractivity contribution is -0.120. The number of nitrogens with one attached hydrogen (secondary N) is 1. The quantitative estimate of drug-likeness (QED) is 0.823. The molecule has 2 fully saturated rings. The van der Waals surface area contributed by atoms with Crippen LogP contribution in [-0.4, -0.2) is 30.3 Å². The molecule has 1 N–H and O–H groups in total. The van der Waals surface area contributed by atoms with Crippen LogP contribution in [0.4, 0.5) is 5.69 Å². The number of benzene rings is 2. The average Bonchev–Trinajstić information content (AvgIpc) is 3.41. The summed E-state index contributed by atoms with van der Waals surface area (Å²) in [6.45, 7) is 0.567. The maximum Gasteiger partial charge on any atom is 0.244 e. The van der Waals surface area contributed by atoms with Crippen molar-refractivity contribution in [1.82, 2.24) is 5.32 Å². The lowest BCUT2D eigenvalue weighted by Crippen LogP contribution is -2.48. The van der Waals surface area contributed by atoms with Gasteiger partial charge in [-0.2, -0.15) is 0 Å². The van der Waals surface area contributed by atoms with Gasteiger partial charge in [0, 0.05) is 29.8 Å². The van der Waals surface area contributed by atoms with Crippen LogP contribution in [-0.2, 0) is 4.79 Å². The molecule has 0 aromatic heterocycles. The topological polar surface area (TPSA) is 49.4 Å². The van der Waals surface area contributed by atoms with Crippen molar-refractivity contribution in [2.24, 2.45) is 5.92 Å². The van der Waals surface area contributed by atoms with E-state index in [1.54, 1.807) is 0 Å². The molecule has 1 amide bonds. The van der Waals surface area contributed by atoms with Crippen molar-refractivity contribution in [3.63, 3.8) is 0 Å². The van der Waals surface area contributed by atoms with E-state index in [1.807, 2.05) is 65.6 Å². The number of para-hydroxylation sites is 1.